The van der Waals surface area contributed by atoms with Gasteiger partial charge < -0.3 is 11.1 Å². The van der Waals surface area contributed by atoms with Gasteiger partial charge in [0.1, 0.15) is 17.6 Å². The van der Waals surface area contributed by atoms with Gasteiger partial charge in [0, 0.05) is 24.4 Å². The molecule has 1 saturated carbocycles. The van der Waals surface area contributed by atoms with Gasteiger partial charge in [0.15, 0.2) is 0 Å². The van der Waals surface area contributed by atoms with Crippen molar-refractivity contribution in [3.05, 3.63) is 65.6 Å². The number of anilines is 1. The number of hydrogen-bond acceptors (Lipinski definition) is 6. The first-order chi connectivity index (χ1) is 13.6. The monoisotopic (exact) mass is 381 g/mol. The summed E-state index contributed by atoms with van der Waals surface area (Å²) in [6.07, 6.45) is 5.93. The number of nitrogens with two attached hydrogens (primary N) is 1. The first-order valence-corrected chi connectivity index (χ1v) is 9.06. The lowest BCUT2D eigenvalue weighted by Gasteiger charge is -2.41. The highest BCUT2D eigenvalue weighted by molar-refractivity contribution is 5.84. The molecule has 3 heterocycles. The van der Waals surface area contributed by atoms with Crippen molar-refractivity contribution in [2.45, 2.75) is 30.6 Å². The molecule has 0 bridgehead atoms. The highest BCUT2D eigenvalue weighted by Crippen LogP contribution is 2.43. The van der Waals surface area contributed by atoms with Gasteiger partial charge in [-0.2, -0.15) is 10.2 Å². The molecule has 0 radical (unpaired) electrons. The second-order valence-corrected chi connectivity index (χ2v) is 7.01. The van der Waals surface area contributed by atoms with Crippen molar-refractivity contribution in [3.8, 4) is 0 Å². The molecule has 0 aliphatic heterocycles. The number of halogens is 1. The van der Waals surface area contributed by atoms with Gasteiger partial charge in [-0.05, 0) is 43.2 Å². The minimum Gasteiger partial charge on any atom is -0.369 e. The van der Waals surface area contributed by atoms with Crippen LogP contribution in [0.2, 0.25) is 0 Å². The number of carbonyl (C=O) groups excluding carboxylic acids is 1. The number of H-pyrrole nitrogens is 1. The molecule has 9 heteroatoms. The van der Waals surface area contributed by atoms with E-state index in [1.165, 1.54) is 6.07 Å². The van der Waals surface area contributed by atoms with Crippen LogP contribution in [0.4, 0.5) is 10.2 Å². The summed E-state index contributed by atoms with van der Waals surface area (Å²) in [5, 5.41) is 18.1. The van der Waals surface area contributed by atoms with E-state index in [2.05, 4.69) is 30.7 Å². The van der Waals surface area contributed by atoms with Gasteiger partial charge in [-0.25, -0.2) is 4.39 Å². The summed E-state index contributed by atoms with van der Waals surface area (Å²) < 4.78 is 14.2. The topological polar surface area (TPSA) is 122 Å². The fourth-order valence-corrected chi connectivity index (χ4v) is 3.61. The van der Waals surface area contributed by atoms with E-state index in [0.29, 0.717) is 29.4 Å². The van der Waals surface area contributed by atoms with Gasteiger partial charge in [0.2, 0.25) is 5.91 Å². The smallest absolute Gasteiger partial charge is 0.232 e. The van der Waals surface area contributed by atoms with E-state index in [-0.39, 0.29) is 11.2 Å². The standard InChI is InChI=1S/C19H20FN7O/c20-12-3-1-9-22-17(12)19(7-2-8-19)11-23-15-5-4-13(26-27-15)16(18(21)28)14-6-10-24-25-14/h1,3-6,9-10,16H,2,7-8,11H2,(H2,21,28)(H,23,27)(H,24,25). The summed E-state index contributed by atoms with van der Waals surface area (Å²) in [5.41, 5.74) is 6.65. The van der Waals surface area contributed by atoms with Crippen LogP contribution in [-0.2, 0) is 10.2 Å². The van der Waals surface area contributed by atoms with E-state index in [1.807, 2.05) is 0 Å². The molecular formula is C19H20FN7O. The van der Waals surface area contributed by atoms with Crippen LogP contribution in [0.5, 0.6) is 0 Å². The van der Waals surface area contributed by atoms with Gasteiger partial charge in [-0.15, -0.1) is 5.10 Å². The Labute approximate surface area is 160 Å². The van der Waals surface area contributed by atoms with Crippen LogP contribution in [0.3, 0.4) is 0 Å². The number of amides is 1. The normalized spacial score (nSPS) is 16.2. The van der Waals surface area contributed by atoms with Gasteiger partial charge in [0.25, 0.3) is 0 Å². The summed E-state index contributed by atoms with van der Waals surface area (Å²) in [5.74, 6) is -1.03. The van der Waals surface area contributed by atoms with Crippen LogP contribution in [-0.4, -0.2) is 37.8 Å². The molecule has 3 aromatic rings. The Morgan fingerprint density at radius 2 is 2.11 bits per heavy atom. The molecular weight excluding hydrogens is 361 g/mol. The molecule has 1 aliphatic rings. The van der Waals surface area contributed by atoms with Crippen molar-refractivity contribution >= 4 is 11.7 Å². The number of aromatic amines is 1. The summed E-state index contributed by atoms with van der Waals surface area (Å²) in [6.45, 7) is 0.509. The van der Waals surface area contributed by atoms with Gasteiger partial charge in [-0.3, -0.25) is 14.9 Å². The third-order valence-electron chi connectivity index (χ3n) is 5.28. The zero-order valence-corrected chi connectivity index (χ0v) is 15.1. The van der Waals surface area contributed by atoms with E-state index in [1.54, 1.807) is 36.7 Å². The second-order valence-electron chi connectivity index (χ2n) is 7.01. The van der Waals surface area contributed by atoms with Crippen molar-refractivity contribution < 1.29 is 9.18 Å². The molecule has 1 unspecified atom stereocenters. The average Bonchev–Trinajstić information content (AvgIpc) is 3.17. The molecule has 8 nitrogen and oxygen atoms in total. The number of nitrogens with one attached hydrogen (secondary N) is 2. The Bertz CT molecular complexity index is 955. The van der Waals surface area contributed by atoms with Crippen molar-refractivity contribution in [2.75, 3.05) is 11.9 Å². The molecule has 0 saturated heterocycles. The molecule has 1 aliphatic carbocycles. The summed E-state index contributed by atoms with van der Waals surface area (Å²) in [7, 11) is 0. The summed E-state index contributed by atoms with van der Waals surface area (Å²) in [4.78, 5) is 16.1. The van der Waals surface area contributed by atoms with Crippen LogP contribution in [0.1, 0.15) is 42.3 Å². The maximum absolute atomic E-state index is 14.2. The highest BCUT2D eigenvalue weighted by atomic mass is 19.1. The fourth-order valence-electron chi connectivity index (χ4n) is 3.61. The second kappa shape index (κ2) is 7.34. The van der Waals surface area contributed by atoms with E-state index >= 15 is 0 Å². The van der Waals surface area contributed by atoms with Crippen LogP contribution < -0.4 is 11.1 Å². The lowest BCUT2D eigenvalue weighted by Crippen LogP contribution is -2.42. The summed E-state index contributed by atoms with van der Waals surface area (Å²) in [6, 6.07) is 8.13. The van der Waals surface area contributed by atoms with E-state index in [4.69, 9.17) is 5.73 Å². The summed E-state index contributed by atoms with van der Waals surface area (Å²) >= 11 is 0. The van der Waals surface area contributed by atoms with Crippen molar-refractivity contribution in [3.63, 3.8) is 0 Å². The zero-order chi connectivity index (χ0) is 19.6. The van der Waals surface area contributed by atoms with Crippen LogP contribution >= 0.6 is 0 Å². The molecule has 3 aromatic heterocycles. The van der Waals surface area contributed by atoms with Crippen LogP contribution in [0.25, 0.3) is 0 Å². The Balaban J connectivity index is 1.49. The van der Waals surface area contributed by atoms with Crippen molar-refractivity contribution in [1.29, 1.82) is 0 Å². The average molecular weight is 381 g/mol. The minimum atomic E-state index is -0.746. The quantitative estimate of drug-likeness (QED) is 0.574. The number of hydrogen-bond donors (Lipinski definition) is 3. The Morgan fingerprint density at radius 3 is 2.68 bits per heavy atom. The van der Waals surface area contributed by atoms with E-state index in [9.17, 15) is 9.18 Å². The van der Waals surface area contributed by atoms with Crippen molar-refractivity contribution in [1.82, 2.24) is 25.4 Å². The lowest BCUT2D eigenvalue weighted by molar-refractivity contribution is -0.118. The SMILES string of the molecule is NC(=O)C(c1ccc(NCC2(c3ncccc3F)CCC2)nn1)c1ccn[nH]1. The van der Waals surface area contributed by atoms with Gasteiger partial charge in [-0.1, -0.05) is 6.42 Å². The number of rotatable bonds is 7. The maximum Gasteiger partial charge on any atom is 0.232 e. The number of pyridine rings is 1. The number of carbonyl (C=O) groups is 1. The first kappa shape index (κ1) is 18.0. The number of aromatic nitrogens is 5. The van der Waals surface area contributed by atoms with E-state index < -0.39 is 11.8 Å². The number of nitrogens with zero attached hydrogens (tertiary/aromatic N) is 4. The third-order valence-corrected chi connectivity index (χ3v) is 5.28. The predicted octanol–water partition coefficient (Wildman–Crippen LogP) is 1.88. The molecule has 4 N–H and O–H groups in total. The minimum absolute atomic E-state index is 0.283. The Kier molecular flexibility index (Phi) is 4.72. The molecule has 0 spiro atoms. The highest BCUT2D eigenvalue weighted by Gasteiger charge is 2.41. The molecule has 0 aromatic carbocycles. The fraction of sp³-hybridized carbons (Fsp3) is 0.316. The van der Waals surface area contributed by atoms with Gasteiger partial charge >= 0.3 is 0 Å². The molecule has 1 atom stereocenters. The Hall–Kier alpha value is -3.36. The Morgan fingerprint density at radius 1 is 1.25 bits per heavy atom. The van der Waals surface area contributed by atoms with Crippen molar-refractivity contribution in [2.24, 2.45) is 5.73 Å². The zero-order valence-electron chi connectivity index (χ0n) is 15.1. The lowest BCUT2D eigenvalue weighted by atomic mass is 9.66. The predicted molar refractivity (Wildman–Crippen MR) is 99.9 cm³/mol. The molecule has 4 rings (SSSR count). The first-order valence-electron chi connectivity index (χ1n) is 9.06. The maximum atomic E-state index is 14.2. The molecule has 144 valence electrons. The van der Waals surface area contributed by atoms with Crippen LogP contribution in [0.15, 0.2) is 42.7 Å². The largest absolute Gasteiger partial charge is 0.369 e. The molecule has 28 heavy (non-hydrogen) atoms. The van der Waals surface area contributed by atoms with Crippen LogP contribution in [0, 0.1) is 5.82 Å². The van der Waals surface area contributed by atoms with Gasteiger partial charge in [0.05, 0.1) is 17.1 Å². The third kappa shape index (κ3) is 3.30. The molecule has 1 fully saturated rings. The number of primary amides is 1. The van der Waals surface area contributed by atoms with E-state index in [0.717, 1.165) is 19.3 Å². The molecule has 1 amide bonds.